The minimum absolute atomic E-state index is 0.171. The van der Waals surface area contributed by atoms with Crippen molar-refractivity contribution < 1.29 is 17.6 Å². The number of carbonyl (C=O) groups is 1. The summed E-state index contributed by atoms with van der Waals surface area (Å²) in [5.41, 5.74) is 1.63. The van der Waals surface area contributed by atoms with Gasteiger partial charge in [-0.25, -0.2) is 12.8 Å². The van der Waals surface area contributed by atoms with Crippen LogP contribution in [-0.2, 0) is 10.0 Å². The highest BCUT2D eigenvalue weighted by molar-refractivity contribution is 7.89. The maximum absolute atomic E-state index is 14.1. The van der Waals surface area contributed by atoms with E-state index in [1.165, 1.54) is 22.5 Å². The third kappa shape index (κ3) is 4.51. The standard InChI is InChI=1S/C21H21FN4O3S2/c1-14-7-2-4-10-17(14)23-19(27)21-25-24-20(30-21)15-8-6-12-26(13-15)31(28,29)18-11-5-3-9-16(18)22/h2-5,7,9-11,15H,6,8,12-13H2,1H3,(H,23,27)/t15-/m1/s1. The number of benzene rings is 2. The Balaban J connectivity index is 1.50. The van der Waals surface area contributed by atoms with Crippen molar-refractivity contribution in [2.75, 3.05) is 18.4 Å². The van der Waals surface area contributed by atoms with Crippen LogP contribution in [0, 0.1) is 12.7 Å². The Kier molecular flexibility index (Phi) is 6.12. The number of hydrogen-bond acceptors (Lipinski definition) is 6. The van der Waals surface area contributed by atoms with Gasteiger partial charge in [0.25, 0.3) is 5.91 Å². The van der Waals surface area contributed by atoms with Gasteiger partial charge < -0.3 is 5.32 Å². The highest BCUT2D eigenvalue weighted by Crippen LogP contribution is 2.32. The number of nitrogens with one attached hydrogen (secondary N) is 1. The lowest BCUT2D eigenvalue weighted by Gasteiger charge is -2.30. The molecule has 2 aromatic carbocycles. The van der Waals surface area contributed by atoms with Crippen LogP contribution in [0.25, 0.3) is 0 Å². The van der Waals surface area contributed by atoms with Crippen molar-refractivity contribution in [2.24, 2.45) is 0 Å². The van der Waals surface area contributed by atoms with Crippen molar-refractivity contribution >= 4 is 33.0 Å². The fraction of sp³-hybridized carbons (Fsp3) is 0.286. The zero-order chi connectivity index (χ0) is 22.0. The summed E-state index contributed by atoms with van der Waals surface area (Å²) in [5.74, 6) is -1.33. The molecule has 0 bridgehead atoms. The zero-order valence-corrected chi connectivity index (χ0v) is 18.4. The van der Waals surface area contributed by atoms with E-state index in [1.807, 2.05) is 31.2 Å². The lowest BCUT2D eigenvalue weighted by Crippen LogP contribution is -2.39. The van der Waals surface area contributed by atoms with Gasteiger partial charge in [0.1, 0.15) is 15.7 Å². The number of para-hydroxylation sites is 1. The molecule has 1 atom stereocenters. The van der Waals surface area contributed by atoms with Gasteiger partial charge in [-0.15, -0.1) is 10.2 Å². The average molecular weight is 461 g/mol. The highest BCUT2D eigenvalue weighted by Gasteiger charge is 2.34. The van der Waals surface area contributed by atoms with Crippen LogP contribution in [-0.4, -0.2) is 41.9 Å². The zero-order valence-electron chi connectivity index (χ0n) is 16.8. The monoisotopic (exact) mass is 460 g/mol. The molecule has 10 heteroatoms. The van der Waals surface area contributed by atoms with Crippen molar-refractivity contribution in [3.63, 3.8) is 0 Å². The van der Waals surface area contributed by atoms with E-state index in [1.54, 1.807) is 0 Å². The number of piperidine rings is 1. The highest BCUT2D eigenvalue weighted by atomic mass is 32.2. The molecule has 7 nitrogen and oxygen atoms in total. The molecule has 1 N–H and O–H groups in total. The Hall–Kier alpha value is -2.69. The lowest BCUT2D eigenvalue weighted by atomic mass is 10.0. The van der Waals surface area contributed by atoms with Gasteiger partial charge in [-0.1, -0.05) is 41.7 Å². The van der Waals surface area contributed by atoms with E-state index in [2.05, 4.69) is 15.5 Å². The number of rotatable bonds is 5. The molecule has 162 valence electrons. The first-order chi connectivity index (χ1) is 14.9. The fourth-order valence-corrected chi connectivity index (χ4v) is 5.99. The molecule has 0 aliphatic carbocycles. The van der Waals surface area contributed by atoms with Crippen LogP contribution in [0.3, 0.4) is 0 Å². The van der Waals surface area contributed by atoms with E-state index in [0.717, 1.165) is 29.4 Å². The number of anilines is 1. The van der Waals surface area contributed by atoms with Crippen LogP contribution >= 0.6 is 11.3 Å². The summed E-state index contributed by atoms with van der Waals surface area (Å²) in [6, 6.07) is 12.8. The van der Waals surface area contributed by atoms with E-state index in [0.29, 0.717) is 23.7 Å². The quantitative estimate of drug-likeness (QED) is 0.625. The molecule has 1 aliphatic heterocycles. The molecule has 1 fully saturated rings. The Labute approximate surface area is 184 Å². The number of sulfonamides is 1. The Morgan fingerprint density at radius 2 is 1.90 bits per heavy atom. The molecular formula is C21H21FN4O3S2. The first-order valence-electron chi connectivity index (χ1n) is 9.81. The van der Waals surface area contributed by atoms with Crippen molar-refractivity contribution in [3.8, 4) is 0 Å². The molecular weight excluding hydrogens is 439 g/mol. The van der Waals surface area contributed by atoms with Gasteiger partial charge in [0, 0.05) is 24.7 Å². The van der Waals surface area contributed by atoms with Crippen LogP contribution in [0.4, 0.5) is 10.1 Å². The lowest BCUT2D eigenvalue weighted by molar-refractivity contribution is 0.102. The molecule has 0 unspecified atom stereocenters. The predicted molar refractivity (Wildman–Crippen MR) is 116 cm³/mol. The maximum atomic E-state index is 14.1. The molecule has 31 heavy (non-hydrogen) atoms. The van der Waals surface area contributed by atoms with Crippen molar-refractivity contribution in [3.05, 3.63) is 69.9 Å². The molecule has 3 aromatic rings. The number of amides is 1. The molecule has 0 saturated carbocycles. The summed E-state index contributed by atoms with van der Waals surface area (Å²) in [5, 5.41) is 11.8. The van der Waals surface area contributed by atoms with Crippen molar-refractivity contribution in [2.45, 2.75) is 30.6 Å². The first kappa shape index (κ1) is 21.5. The summed E-state index contributed by atoms with van der Waals surface area (Å²) >= 11 is 1.15. The largest absolute Gasteiger partial charge is 0.320 e. The van der Waals surface area contributed by atoms with Crippen LogP contribution in [0.5, 0.6) is 0 Å². The second kappa shape index (κ2) is 8.81. The van der Waals surface area contributed by atoms with E-state index < -0.39 is 15.8 Å². The van der Waals surface area contributed by atoms with Gasteiger partial charge in [-0.2, -0.15) is 4.31 Å². The number of nitrogens with zero attached hydrogens (tertiary/aromatic N) is 3. The number of halogens is 1. The molecule has 1 aliphatic rings. The number of aromatic nitrogens is 2. The Morgan fingerprint density at radius 1 is 1.16 bits per heavy atom. The molecule has 1 aromatic heterocycles. The van der Waals surface area contributed by atoms with Crippen molar-refractivity contribution in [1.82, 2.24) is 14.5 Å². The third-order valence-electron chi connectivity index (χ3n) is 5.22. The van der Waals surface area contributed by atoms with Crippen LogP contribution < -0.4 is 5.32 Å². The van der Waals surface area contributed by atoms with E-state index in [4.69, 9.17) is 0 Å². The minimum atomic E-state index is -3.95. The van der Waals surface area contributed by atoms with Gasteiger partial charge >= 0.3 is 0 Å². The van der Waals surface area contributed by atoms with Gasteiger partial charge in [0.05, 0.1) is 0 Å². The molecule has 0 spiro atoms. The van der Waals surface area contributed by atoms with Crippen LogP contribution in [0.2, 0.25) is 0 Å². The predicted octanol–water partition coefficient (Wildman–Crippen LogP) is 3.81. The summed E-state index contributed by atoms with van der Waals surface area (Å²) in [4.78, 5) is 12.2. The van der Waals surface area contributed by atoms with E-state index in [9.17, 15) is 17.6 Å². The number of carbonyl (C=O) groups excluding carboxylic acids is 1. The minimum Gasteiger partial charge on any atom is -0.320 e. The number of aryl methyl sites for hydroxylation is 1. The second-order valence-corrected chi connectivity index (χ2v) is 10.3. The topological polar surface area (TPSA) is 92.3 Å². The third-order valence-corrected chi connectivity index (χ3v) is 8.20. The summed E-state index contributed by atoms with van der Waals surface area (Å²) in [6.07, 6.45) is 1.33. The number of hydrogen-bond donors (Lipinski definition) is 1. The van der Waals surface area contributed by atoms with Gasteiger partial charge in [0.2, 0.25) is 15.0 Å². The van der Waals surface area contributed by atoms with Gasteiger partial charge in [-0.05, 0) is 43.5 Å². The second-order valence-electron chi connectivity index (χ2n) is 7.35. The van der Waals surface area contributed by atoms with Gasteiger partial charge in [-0.3, -0.25) is 4.79 Å². The Morgan fingerprint density at radius 3 is 2.68 bits per heavy atom. The van der Waals surface area contributed by atoms with E-state index >= 15 is 0 Å². The molecule has 1 amide bonds. The smallest absolute Gasteiger partial charge is 0.286 e. The van der Waals surface area contributed by atoms with Crippen LogP contribution in [0.1, 0.15) is 39.1 Å². The SMILES string of the molecule is Cc1ccccc1NC(=O)c1nnc([C@@H]2CCCN(S(=O)(=O)c3ccccc3F)C2)s1. The summed E-state index contributed by atoms with van der Waals surface area (Å²) < 4.78 is 41.2. The first-order valence-corrected chi connectivity index (χ1v) is 12.1. The Bertz CT molecular complexity index is 1210. The normalized spacial score (nSPS) is 17.4. The molecule has 1 saturated heterocycles. The van der Waals surface area contributed by atoms with Crippen LogP contribution in [0.15, 0.2) is 53.4 Å². The fourth-order valence-electron chi connectivity index (χ4n) is 3.54. The van der Waals surface area contributed by atoms with Crippen molar-refractivity contribution in [1.29, 1.82) is 0 Å². The van der Waals surface area contributed by atoms with E-state index in [-0.39, 0.29) is 28.3 Å². The molecule has 2 heterocycles. The average Bonchev–Trinajstić information content (AvgIpc) is 3.26. The molecule has 4 rings (SSSR count). The summed E-state index contributed by atoms with van der Waals surface area (Å²) in [6.45, 7) is 2.38. The van der Waals surface area contributed by atoms with Gasteiger partial charge in [0.15, 0.2) is 0 Å². The maximum Gasteiger partial charge on any atom is 0.286 e. The summed E-state index contributed by atoms with van der Waals surface area (Å²) in [7, 11) is -3.95. The molecule has 0 radical (unpaired) electrons.